The molecule has 3 fully saturated rings. The summed E-state index contributed by atoms with van der Waals surface area (Å²) in [6.45, 7) is 0.530. The third kappa shape index (κ3) is 3.27. The smallest absolute Gasteiger partial charge is 0.225 e. The summed E-state index contributed by atoms with van der Waals surface area (Å²) in [6, 6.07) is 8.08. The van der Waals surface area contributed by atoms with Gasteiger partial charge in [0.15, 0.2) is 0 Å². The SMILES string of the molecule is Cl.NC1C2CCC(C2)C1C(=O)NCc1ccccc1OC1CCC1. The summed E-state index contributed by atoms with van der Waals surface area (Å²) in [5, 5.41) is 3.11. The summed E-state index contributed by atoms with van der Waals surface area (Å²) >= 11 is 0. The van der Waals surface area contributed by atoms with Gasteiger partial charge < -0.3 is 15.8 Å². The van der Waals surface area contributed by atoms with E-state index in [0.29, 0.717) is 24.5 Å². The molecule has 0 aromatic heterocycles. The van der Waals surface area contributed by atoms with E-state index in [2.05, 4.69) is 5.32 Å². The zero-order valence-corrected chi connectivity index (χ0v) is 14.8. The molecule has 3 saturated carbocycles. The number of hydrogen-bond acceptors (Lipinski definition) is 3. The molecule has 0 aliphatic heterocycles. The van der Waals surface area contributed by atoms with E-state index < -0.39 is 0 Å². The molecule has 0 heterocycles. The number of nitrogens with two attached hydrogens (primary N) is 1. The van der Waals surface area contributed by atoms with E-state index in [4.69, 9.17) is 10.5 Å². The van der Waals surface area contributed by atoms with Crippen molar-refractivity contribution in [2.45, 2.75) is 57.2 Å². The second kappa shape index (κ2) is 7.32. The maximum atomic E-state index is 12.6. The quantitative estimate of drug-likeness (QED) is 0.857. The van der Waals surface area contributed by atoms with Crippen molar-refractivity contribution in [1.82, 2.24) is 5.32 Å². The minimum Gasteiger partial charge on any atom is -0.490 e. The zero-order valence-electron chi connectivity index (χ0n) is 13.9. The molecule has 0 radical (unpaired) electrons. The maximum Gasteiger partial charge on any atom is 0.225 e. The number of benzene rings is 1. The summed E-state index contributed by atoms with van der Waals surface area (Å²) in [4.78, 5) is 12.6. The lowest BCUT2D eigenvalue weighted by Crippen LogP contribution is -2.45. The molecule has 132 valence electrons. The van der Waals surface area contributed by atoms with Crippen LogP contribution in [-0.2, 0) is 11.3 Å². The van der Waals surface area contributed by atoms with Crippen molar-refractivity contribution in [1.29, 1.82) is 0 Å². The van der Waals surface area contributed by atoms with Crippen LogP contribution < -0.4 is 15.8 Å². The van der Waals surface area contributed by atoms with Gasteiger partial charge in [-0.3, -0.25) is 4.79 Å². The van der Waals surface area contributed by atoms with Gasteiger partial charge in [0, 0.05) is 18.2 Å². The number of amides is 1. The zero-order chi connectivity index (χ0) is 15.8. The molecule has 4 nitrogen and oxygen atoms in total. The van der Waals surface area contributed by atoms with Crippen molar-refractivity contribution in [2.24, 2.45) is 23.5 Å². The molecular weight excluding hydrogens is 324 g/mol. The van der Waals surface area contributed by atoms with Gasteiger partial charge in [-0.2, -0.15) is 0 Å². The number of nitrogens with one attached hydrogen (secondary N) is 1. The molecule has 24 heavy (non-hydrogen) atoms. The molecule has 1 aromatic carbocycles. The molecule has 0 spiro atoms. The number of ether oxygens (including phenoxy) is 1. The lowest BCUT2D eigenvalue weighted by atomic mass is 9.84. The minimum atomic E-state index is 0. The summed E-state index contributed by atoms with van der Waals surface area (Å²) in [5.74, 6) is 2.10. The monoisotopic (exact) mass is 350 g/mol. The summed E-state index contributed by atoms with van der Waals surface area (Å²) in [6.07, 6.45) is 7.39. The van der Waals surface area contributed by atoms with Crippen LogP contribution in [0.3, 0.4) is 0 Å². The molecule has 1 aromatic rings. The second-order valence-electron chi connectivity index (χ2n) is 7.43. The number of carbonyl (C=O) groups is 1. The van der Waals surface area contributed by atoms with Gasteiger partial charge in [-0.1, -0.05) is 18.2 Å². The standard InChI is InChI=1S/C19H26N2O2.ClH/c20-18-13-9-8-12(10-13)17(18)19(22)21-11-14-4-1-2-7-16(14)23-15-5-3-6-15;/h1-2,4,7,12-13,15,17-18H,3,5-6,8-11,20H2,(H,21,22);1H. The Morgan fingerprint density at radius 3 is 2.58 bits per heavy atom. The number of fused-ring (bicyclic) bond motifs is 2. The molecule has 2 bridgehead atoms. The predicted octanol–water partition coefficient (Wildman–Crippen LogP) is 3.03. The highest BCUT2D eigenvalue weighted by atomic mass is 35.5. The number of halogens is 1. The van der Waals surface area contributed by atoms with Gasteiger partial charge in [0.1, 0.15) is 5.75 Å². The Balaban J connectivity index is 0.00000169. The summed E-state index contributed by atoms with van der Waals surface area (Å²) in [7, 11) is 0. The Morgan fingerprint density at radius 2 is 1.92 bits per heavy atom. The predicted molar refractivity (Wildman–Crippen MR) is 96.1 cm³/mol. The Hall–Kier alpha value is -1.26. The van der Waals surface area contributed by atoms with Crippen LogP contribution in [0, 0.1) is 17.8 Å². The van der Waals surface area contributed by atoms with Crippen molar-refractivity contribution >= 4 is 18.3 Å². The lowest BCUT2D eigenvalue weighted by molar-refractivity contribution is -0.127. The first-order valence-corrected chi connectivity index (χ1v) is 9.00. The number of rotatable bonds is 5. The van der Waals surface area contributed by atoms with Gasteiger partial charge in [-0.25, -0.2) is 0 Å². The highest BCUT2D eigenvalue weighted by molar-refractivity contribution is 5.85. The first-order valence-electron chi connectivity index (χ1n) is 9.00. The number of hydrogen-bond donors (Lipinski definition) is 2. The molecule has 5 heteroatoms. The first-order chi connectivity index (χ1) is 11.2. The third-order valence-corrected chi connectivity index (χ3v) is 6.05. The largest absolute Gasteiger partial charge is 0.490 e. The average Bonchev–Trinajstić information content (AvgIpc) is 3.10. The summed E-state index contributed by atoms with van der Waals surface area (Å²) < 4.78 is 6.03. The fraction of sp³-hybridized carbons (Fsp3) is 0.632. The van der Waals surface area contributed by atoms with Gasteiger partial charge >= 0.3 is 0 Å². The third-order valence-electron chi connectivity index (χ3n) is 6.05. The van der Waals surface area contributed by atoms with Gasteiger partial charge in [0.25, 0.3) is 0 Å². The van der Waals surface area contributed by atoms with Crippen molar-refractivity contribution in [3.8, 4) is 5.75 Å². The van der Waals surface area contributed by atoms with E-state index >= 15 is 0 Å². The maximum absolute atomic E-state index is 12.6. The van der Waals surface area contributed by atoms with E-state index in [1.807, 2.05) is 24.3 Å². The van der Waals surface area contributed by atoms with Crippen LogP contribution in [-0.4, -0.2) is 18.1 Å². The van der Waals surface area contributed by atoms with Crippen LogP contribution in [0.4, 0.5) is 0 Å². The highest BCUT2D eigenvalue weighted by Gasteiger charge is 2.48. The van der Waals surface area contributed by atoms with E-state index in [1.165, 1.54) is 12.8 Å². The molecule has 4 unspecified atom stereocenters. The number of para-hydroxylation sites is 1. The molecular formula is C19H27ClN2O2. The molecule has 3 N–H and O–H groups in total. The molecule has 4 rings (SSSR count). The van der Waals surface area contributed by atoms with Crippen LogP contribution in [0.1, 0.15) is 44.1 Å². The fourth-order valence-electron chi connectivity index (χ4n) is 4.46. The molecule has 0 saturated heterocycles. The minimum absolute atomic E-state index is 0. The van der Waals surface area contributed by atoms with Crippen LogP contribution in [0.25, 0.3) is 0 Å². The molecule has 4 atom stereocenters. The van der Waals surface area contributed by atoms with Crippen LogP contribution in [0.5, 0.6) is 5.75 Å². The van der Waals surface area contributed by atoms with E-state index in [9.17, 15) is 4.79 Å². The Labute approximate surface area is 149 Å². The first kappa shape index (κ1) is 17.6. The second-order valence-corrected chi connectivity index (χ2v) is 7.43. The lowest BCUT2D eigenvalue weighted by Gasteiger charge is -2.28. The molecule has 3 aliphatic rings. The normalized spacial score (nSPS) is 31.2. The van der Waals surface area contributed by atoms with Gasteiger partial charge in [-0.05, 0) is 56.4 Å². The van der Waals surface area contributed by atoms with Crippen molar-refractivity contribution in [2.75, 3.05) is 0 Å². The van der Waals surface area contributed by atoms with Crippen LogP contribution >= 0.6 is 12.4 Å². The van der Waals surface area contributed by atoms with E-state index in [1.54, 1.807) is 0 Å². The van der Waals surface area contributed by atoms with Crippen LogP contribution in [0.2, 0.25) is 0 Å². The highest BCUT2D eigenvalue weighted by Crippen LogP contribution is 2.47. The van der Waals surface area contributed by atoms with E-state index in [-0.39, 0.29) is 30.3 Å². The van der Waals surface area contributed by atoms with Gasteiger partial charge in [-0.15, -0.1) is 12.4 Å². The van der Waals surface area contributed by atoms with Crippen LogP contribution in [0.15, 0.2) is 24.3 Å². The van der Waals surface area contributed by atoms with Gasteiger partial charge in [0.2, 0.25) is 5.91 Å². The molecule has 3 aliphatic carbocycles. The summed E-state index contributed by atoms with van der Waals surface area (Å²) in [5.41, 5.74) is 7.33. The van der Waals surface area contributed by atoms with Crippen molar-refractivity contribution in [3.05, 3.63) is 29.8 Å². The van der Waals surface area contributed by atoms with Gasteiger partial charge in [0.05, 0.1) is 12.0 Å². The topological polar surface area (TPSA) is 64.4 Å². The fourth-order valence-corrected chi connectivity index (χ4v) is 4.46. The average molecular weight is 351 g/mol. The Kier molecular flexibility index (Phi) is 5.36. The molecule has 1 amide bonds. The van der Waals surface area contributed by atoms with E-state index in [0.717, 1.165) is 37.0 Å². The number of carbonyl (C=O) groups excluding carboxylic acids is 1. The van der Waals surface area contributed by atoms with Crippen molar-refractivity contribution in [3.63, 3.8) is 0 Å². The Bertz CT molecular complexity index is 588. The van der Waals surface area contributed by atoms with Crippen molar-refractivity contribution < 1.29 is 9.53 Å². The Morgan fingerprint density at radius 1 is 1.17 bits per heavy atom.